The van der Waals surface area contributed by atoms with Gasteiger partial charge in [0.05, 0.1) is 6.54 Å². The Hall–Kier alpha value is -3.35. The van der Waals surface area contributed by atoms with E-state index in [1.54, 1.807) is 48.5 Å². The van der Waals surface area contributed by atoms with Crippen LogP contribution in [0.5, 0.6) is 0 Å². The summed E-state index contributed by atoms with van der Waals surface area (Å²) in [6.45, 7) is 5.48. The Balaban J connectivity index is 1.51. The highest BCUT2D eigenvalue weighted by atomic mass is 16.2. The number of nitrogens with zero attached hydrogens (tertiary/aromatic N) is 1. The molecule has 0 aliphatic carbocycles. The molecule has 1 aliphatic heterocycles. The smallest absolute Gasteiger partial charge is 0.253 e. The van der Waals surface area contributed by atoms with Crippen molar-refractivity contribution in [2.45, 2.75) is 32.7 Å². The minimum absolute atomic E-state index is 0.0356. The first-order valence-electron chi connectivity index (χ1n) is 10.3. The van der Waals surface area contributed by atoms with Crippen LogP contribution in [0, 0.1) is 0 Å². The predicted molar refractivity (Wildman–Crippen MR) is 118 cm³/mol. The minimum Gasteiger partial charge on any atom is -0.376 e. The van der Waals surface area contributed by atoms with Crippen molar-refractivity contribution >= 4 is 29.1 Å². The minimum atomic E-state index is -0.217. The Morgan fingerprint density at radius 2 is 1.63 bits per heavy atom. The fraction of sp³-hybridized carbons (Fsp3) is 0.348. The van der Waals surface area contributed by atoms with Crippen LogP contribution in [-0.2, 0) is 4.79 Å². The second-order valence-corrected chi connectivity index (χ2v) is 7.69. The standard InChI is InChI=1S/C23H28N4O3/c1-16(2)25-22(29)18-6-5-7-20(14-18)24-15-21(28)26-19-10-8-17(9-11-19)23(30)27-12-3-4-13-27/h5-11,14,16,24H,3-4,12-13,15H2,1-2H3,(H,25,29)(H,26,28). The van der Waals surface area contributed by atoms with Crippen LogP contribution in [0.25, 0.3) is 0 Å². The largest absolute Gasteiger partial charge is 0.376 e. The number of anilines is 2. The summed E-state index contributed by atoms with van der Waals surface area (Å²) < 4.78 is 0. The van der Waals surface area contributed by atoms with Crippen molar-refractivity contribution in [3.05, 3.63) is 59.7 Å². The van der Waals surface area contributed by atoms with E-state index in [2.05, 4.69) is 16.0 Å². The molecule has 0 bridgehead atoms. The van der Waals surface area contributed by atoms with Crippen molar-refractivity contribution < 1.29 is 14.4 Å². The fourth-order valence-corrected chi connectivity index (χ4v) is 3.30. The zero-order valence-corrected chi connectivity index (χ0v) is 17.4. The third-order valence-corrected chi connectivity index (χ3v) is 4.81. The van der Waals surface area contributed by atoms with Gasteiger partial charge in [-0.25, -0.2) is 0 Å². The lowest BCUT2D eigenvalue weighted by Crippen LogP contribution is -2.30. The Bertz CT molecular complexity index is 903. The number of amides is 3. The van der Waals surface area contributed by atoms with Gasteiger partial charge in [-0.3, -0.25) is 14.4 Å². The van der Waals surface area contributed by atoms with E-state index >= 15 is 0 Å². The molecule has 0 aromatic heterocycles. The molecule has 7 nitrogen and oxygen atoms in total. The van der Waals surface area contributed by atoms with E-state index < -0.39 is 0 Å². The van der Waals surface area contributed by atoms with Gasteiger partial charge in [0, 0.05) is 41.6 Å². The third kappa shape index (κ3) is 5.83. The number of hydrogen-bond donors (Lipinski definition) is 3. The number of carbonyl (C=O) groups excluding carboxylic acids is 3. The molecule has 158 valence electrons. The van der Waals surface area contributed by atoms with Gasteiger partial charge in [0.25, 0.3) is 11.8 Å². The Morgan fingerprint density at radius 1 is 0.933 bits per heavy atom. The number of likely N-dealkylation sites (tertiary alicyclic amines) is 1. The van der Waals surface area contributed by atoms with E-state index in [4.69, 9.17) is 0 Å². The summed E-state index contributed by atoms with van der Waals surface area (Å²) in [5.74, 6) is -0.333. The van der Waals surface area contributed by atoms with Crippen molar-refractivity contribution in [3.63, 3.8) is 0 Å². The van der Waals surface area contributed by atoms with Crippen LogP contribution in [0.1, 0.15) is 47.4 Å². The highest BCUT2D eigenvalue weighted by Gasteiger charge is 2.19. The van der Waals surface area contributed by atoms with Crippen molar-refractivity contribution in [1.82, 2.24) is 10.2 Å². The molecule has 3 amide bonds. The summed E-state index contributed by atoms with van der Waals surface area (Å²) >= 11 is 0. The van der Waals surface area contributed by atoms with Gasteiger partial charge in [0.1, 0.15) is 0 Å². The Kier molecular flexibility index (Phi) is 7.06. The van der Waals surface area contributed by atoms with Gasteiger partial charge in [-0.1, -0.05) is 6.07 Å². The number of benzene rings is 2. The van der Waals surface area contributed by atoms with Crippen LogP contribution in [0.3, 0.4) is 0 Å². The molecule has 0 spiro atoms. The monoisotopic (exact) mass is 408 g/mol. The van der Waals surface area contributed by atoms with Crippen LogP contribution in [0.15, 0.2) is 48.5 Å². The quantitative estimate of drug-likeness (QED) is 0.657. The molecule has 3 rings (SSSR count). The molecule has 0 radical (unpaired) electrons. The molecular weight excluding hydrogens is 380 g/mol. The first-order valence-corrected chi connectivity index (χ1v) is 10.3. The molecule has 1 aliphatic rings. The van der Waals surface area contributed by atoms with Crippen molar-refractivity contribution in [2.75, 3.05) is 30.3 Å². The lowest BCUT2D eigenvalue weighted by atomic mass is 10.1. The molecular formula is C23H28N4O3. The number of carbonyl (C=O) groups is 3. The van der Waals surface area contributed by atoms with E-state index in [0.29, 0.717) is 22.5 Å². The lowest BCUT2D eigenvalue weighted by molar-refractivity contribution is -0.114. The molecule has 30 heavy (non-hydrogen) atoms. The average Bonchev–Trinajstić information content (AvgIpc) is 3.27. The Morgan fingerprint density at radius 3 is 2.30 bits per heavy atom. The van der Waals surface area contributed by atoms with Gasteiger partial charge in [-0.05, 0) is 69.2 Å². The highest BCUT2D eigenvalue weighted by molar-refractivity contribution is 5.97. The first kappa shape index (κ1) is 21.4. The molecule has 3 N–H and O–H groups in total. The van der Waals surface area contributed by atoms with E-state index in [1.165, 1.54) is 0 Å². The second kappa shape index (κ2) is 9.91. The summed E-state index contributed by atoms with van der Waals surface area (Å²) in [7, 11) is 0. The van der Waals surface area contributed by atoms with Crippen molar-refractivity contribution in [3.8, 4) is 0 Å². The van der Waals surface area contributed by atoms with Gasteiger partial charge < -0.3 is 20.9 Å². The predicted octanol–water partition coefficient (Wildman–Crippen LogP) is 3.11. The molecule has 1 saturated heterocycles. The molecule has 0 saturated carbocycles. The summed E-state index contributed by atoms with van der Waals surface area (Å²) in [6.07, 6.45) is 2.11. The maximum atomic E-state index is 12.4. The molecule has 2 aromatic rings. The first-order chi connectivity index (χ1) is 14.4. The SMILES string of the molecule is CC(C)NC(=O)c1cccc(NCC(=O)Nc2ccc(C(=O)N3CCCC3)cc2)c1. The zero-order valence-electron chi connectivity index (χ0n) is 17.4. The zero-order chi connectivity index (χ0) is 21.5. The summed E-state index contributed by atoms with van der Waals surface area (Å²) in [5.41, 5.74) is 2.48. The molecule has 1 fully saturated rings. The van der Waals surface area contributed by atoms with Gasteiger partial charge in [0.15, 0.2) is 0 Å². The topological polar surface area (TPSA) is 90.5 Å². The highest BCUT2D eigenvalue weighted by Crippen LogP contribution is 2.16. The number of rotatable bonds is 7. The van der Waals surface area contributed by atoms with Crippen LogP contribution in [-0.4, -0.2) is 48.3 Å². The van der Waals surface area contributed by atoms with Crippen LogP contribution in [0.4, 0.5) is 11.4 Å². The van der Waals surface area contributed by atoms with Gasteiger partial charge >= 0.3 is 0 Å². The lowest BCUT2D eigenvalue weighted by Gasteiger charge is -2.15. The Labute approximate surface area is 176 Å². The third-order valence-electron chi connectivity index (χ3n) is 4.81. The van der Waals surface area contributed by atoms with E-state index in [9.17, 15) is 14.4 Å². The molecule has 0 unspecified atom stereocenters. The maximum Gasteiger partial charge on any atom is 0.253 e. The molecule has 7 heteroatoms. The van der Waals surface area contributed by atoms with Crippen LogP contribution < -0.4 is 16.0 Å². The van der Waals surface area contributed by atoms with Gasteiger partial charge in [-0.2, -0.15) is 0 Å². The van der Waals surface area contributed by atoms with Crippen molar-refractivity contribution in [2.24, 2.45) is 0 Å². The average molecular weight is 409 g/mol. The van der Waals surface area contributed by atoms with E-state index in [1.807, 2.05) is 18.7 Å². The summed E-state index contributed by atoms with van der Waals surface area (Å²) in [5, 5.41) is 8.67. The molecule has 1 heterocycles. The van der Waals surface area contributed by atoms with Gasteiger partial charge in [-0.15, -0.1) is 0 Å². The van der Waals surface area contributed by atoms with Crippen LogP contribution in [0.2, 0.25) is 0 Å². The second-order valence-electron chi connectivity index (χ2n) is 7.69. The van der Waals surface area contributed by atoms with Gasteiger partial charge in [0.2, 0.25) is 5.91 Å². The molecule has 2 aromatic carbocycles. The fourth-order valence-electron chi connectivity index (χ4n) is 3.30. The number of hydrogen-bond acceptors (Lipinski definition) is 4. The summed E-state index contributed by atoms with van der Waals surface area (Å²) in [6, 6.07) is 14.0. The van der Waals surface area contributed by atoms with Crippen molar-refractivity contribution in [1.29, 1.82) is 0 Å². The van der Waals surface area contributed by atoms with E-state index in [-0.39, 0.29) is 30.3 Å². The number of nitrogens with one attached hydrogen (secondary N) is 3. The normalized spacial score (nSPS) is 13.2. The van der Waals surface area contributed by atoms with E-state index in [0.717, 1.165) is 25.9 Å². The van der Waals surface area contributed by atoms with Crippen LogP contribution >= 0.6 is 0 Å². The molecule has 0 atom stereocenters. The maximum absolute atomic E-state index is 12.4. The summed E-state index contributed by atoms with van der Waals surface area (Å²) in [4.78, 5) is 38.6.